The zero-order valence-corrected chi connectivity index (χ0v) is 13.5. The summed E-state index contributed by atoms with van der Waals surface area (Å²) in [6, 6.07) is 9.85. The lowest BCUT2D eigenvalue weighted by Gasteiger charge is -2.26. The second kappa shape index (κ2) is 9.77. The van der Waals surface area contributed by atoms with Crippen molar-refractivity contribution in [1.29, 1.82) is 0 Å². The Bertz CT molecular complexity index is 475. The summed E-state index contributed by atoms with van der Waals surface area (Å²) in [5.41, 5.74) is 1.79. The van der Waals surface area contributed by atoms with Gasteiger partial charge in [0.25, 0.3) is 0 Å². The van der Waals surface area contributed by atoms with Gasteiger partial charge in [-0.1, -0.05) is 30.3 Å². The molecule has 1 aliphatic carbocycles. The van der Waals surface area contributed by atoms with Crippen LogP contribution in [0.15, 0.2) is 42.0 Å². The van der Waals surface area contributed by atoms with Gasteiger partial charge in [-0.05, 0) is 17.2 Å². The number of hydrogen-bond donors (Lipinski definition) is 1. The minimum atomic E-state index is -0.393. The van der Waals surface area contributed by atoms with Gasteiger partial charge in [-0.2, -0.15) is 0 Å². The first kappa shape index (κ1) is 18.1. The Labute approximate surface area is 136 Å². The fraction of sp³-hybridized carbons (Fsp3) is 0.529. The fourth-order valence-corrected chi connectivity index (χ4v) is 2.51. The highest BCUT2D eigenvalue weighted by Crippen LogP contribution is 2.28. The Morgan fingerprint density at radius 2 is 1.65 bits per heavy atom. The van der Waals surface area contributed by atoms with Crippen molar-refractivity contribution in [3.63, 3.8) is 0 Å². The van der Waals surface area contributed by atoms with Gasteiger partial charge in [0, 0.05) is 14.2 Å². The highest BCUT2D eigenvalue weighted by atomic mass is 16.7. The second-order valence-electron chi connectivity index (χ2n) is 5.19. The van der Waals surface area contributed by atoms with Crippen molar-refractivity contribution in [2.75, 3.05) is 34.4 Å². The van der Waals surface area contributed by atoms with Crippen molar-refractivity contribution in [2.24, 2.45) is 0 Å². The summed E-state index contributed by atoms with van der Waals surface area (Å²) >= 11 is 0. The van der Waals surface area contributed by atoms with Gasteiger partial charge in [0.2, 0.25) is 0 Å². The van der Waals surface area contributed by atoms with E-state index in [9.17, 15) is 5.11 Å². The summed E-state index contributed by atoms with van der Waals surface area (Å²) in [6.45, 7) is 0.569. The van der Waals surface area contributed by atoms with E-state index in [1.165, 1.54) is 0 Å². The molecular weight excluding hydrogens is 300 g/mol. The molecule has 0 saturated carbocycles. The van der Waals surface area contributed by atoms with Crippen molar-refractivity contribution in [3.8, 4) is 0 Å². The summed E-state index contributed by atoms with van der Waals surface area (Å²) in [4.78, 5) is 0. The number of benzene rings is 1. The van der Waals surface area contributed by atoms with Crippen molar-refractivity contribution in [1.82, 2.24) is 0 Å². The number of hydrogen-bond acceptors (Lipinski definition) is 6. The summed E-state index contributed by atoms with van der Waals surface area (Å²) in [5.74, 6) is 0. The van der Waals surface area contributed by atoms with E-state index in [1.807, 2.05) is 36.4 Å². The Hall–Kier alpha value is -1.28. The van der Waals surface area contributed by atoms with Crippen molar-refractivity contribution < 1.29 is 28.8 Å². The maximum Gasteiger partial charge on any atom is 0.147 e. The van der Waals surface area contributed by atoms with Crippen LogP contribution in [-0.2, 0) is 30.3 Å². The maximum absolute atomic E-state index is 9.60. The van der Waals surface area contributed by atoms with Crippen LogP contribution < -0.4 is 0 Å². The molecule has 6 heteroatoms. The van der Waals surface area contributed by atoms with E-state index in [1.54, 1.807) is 14.2 Å². The summed E-state index contributed by atoms with van der Waals surface area (Å²) in [5, 5.41) is 9.60. The summed E-state index contributed by atoms with van der Waals surface area (Å²) < 4.78 is 27.2. The van der Waals surface area contributed by atoms with Crippen molar-refractivity contribution in [2.45, 2.75) is 24.9 Å². The summed E-state index contributed by atoms with van der Waals surface area (Å²) in [7, 11) is 3.11. The van der Waals surface area contributed by atoms with Gasteiger partial charge >= 0.3 is 0 Å². The third-order valence-corrected chi connectivity index (χ3v) is 3.58. The molecule has 128 valence electrons. The van der Waals surface area contributed by atoms with Crippen molar-refractivity contribution in [3.05, 3.63) is 47.5 Å². The van der Waals surface area contributed by atoms with Gasteiger partial charge in [0.1, 0.15) is 31.9 Å². The van der Waals surface area contributed by atoms with Gasteiger partial charge < -0.3 is 28.8 Å². The molecule has 1 aromatic rings. The van der Waals surface area contributed by atoms with Crippen LogP contribution in [-0.4, -0.2) is 57.8 Å². The lowest BCUT2D eigenvalue weighted by Crippen LogP contribution is -2.38. The third kappa shape index (κ3) is 5.10. The minimum Gasteiger partial charge on any atom is -0.392 e. The van der Waals surface area contributed by atoms with Gasteiger partial charge in [0.05, 0.1) is 13.2 Å². The molecule has 23 heavy (non-hydrogen) atoms. The third-order valence-electron chi connectivity index (χ3n) is 3.58. The normalized spacial score (nSPS) is 24.0. The van der Waals surface area contributed by atoms with Crippen LogP contribution in [0, 0.1) is 0 Å². The molecule has 1 aromatic carbocycles. The molecule has 1 aliphatic rings. The molecule has 0 radical (unpaired) electrons. The second-order valence-corrected chi connectivity index (χ2v) is 5.19. The van der Waals surface area contributed by atoms with E-state index in [4.69, 9.17) is 23.7 Å². The Morgan fingerprint density at radius 3 is 2.30 bits per heavy atom. The number of rotatable bonds is 10. The minimum absolute atomic E-state index is 0.112. The number of methoxy groups -OCH3 is 2. The standard InChI is InChI=1S/C17H24O6/c1-19-11-22-15-8-14(9-18)16(17(15)23-12-20-2)21-10-13-6-4-3-5-7-13/h3-8,15-18H,9-12H2,1-2H3/t15-,16+,17+/m0/s1. The van der Waals surface area contributed by atoms with E-state index in [0.717, 1.165) is 11.1 Å². The van der Waals surface area contributed by atoms with Crippen LogP contribution in [0.4, 0.5) is 0 Å². The van der Waals surface area contributed by atoms with Crippen LogP contribution in [0.25, 0.3) is 0 Å². The lowest BCUT2D eigenvalue weighted by molar-refractivity contribution is -0.169. The van der Waals surface area contributed by atoms with Crippen LogP contribution in [0.1, 0.15) is 5.56 Å². The molecule has 0 saturated heterocycles. The van der Waals surface area contributed by atoms with Gasteiger partial charge in [0.15, 0.2) is 0 Å². The molecular formula is C17H24O6. The van der Waals surface area contributed by atoms with Gasteiger partial charge in [-0.25, -0.2) is 0 Å². The smallest absolute Gasteiger partial charge is 0.147 e. The predicted molar refractivity (Wildman–Crippen MR) is 83.7 cm³/mol. The molecule has 1 N–H and O–H groups in total. The Kier molecular flexibility index (Phi) is 7.67. The van der Waals surface area contributed by atoms with Crippen LogP contribution in [0.5, 0.6) is 0 Å². The highest BCUT2D eigenvalue weighted by molar-refractivity contribution is 5.24. The molecule has 0 heterocycles. The molecule has 2 rings (SSSR count). The molecule has 0 aliphatic heterocycles. The zero-order valence-electron chi connectivity index (χ0n) is 13.5. The molecule has 0 amide bonds. The van der Waals surface area contributed by atoms with Crippen molar-refractivity contribution >= 4 is 0 Å². The first-order valence-corrected chi connectivity index (χ1v) is 7.48. The van der Waals surface area contributed by atoms with Crippen LogP contribution in [0.3, 0.4) is 0 Å². The lowest BCUT2D eigenvalue weighted by atomic mass is 10.1. The number of aliphatic hydroxyl groups is 1. The molecule has 6 nitrogen and oxygen atoms in total. The molecule has 0 aromatic heterocycles. The summed E-state index contributed by atoms with van der Waals surface area (Å²) in [6.07, 6.45) is 0.691. The van der Waals surface area contributed by atoms with E-state index in [0.29, 0.717) is 6.61 Å². The highest BCUT2D eigenvalue weighted by Gasteiger charge is 2.39. The number of aliphatic hydroxyl groups excluding tert-OH is 1. The quantitative estimate of drug-likeness (QED) is 0.519. The largest absolute Gasteiger partial charge is 0.392 e. The van der Waals surface area contributed by atoms with Crippen LogP contribution in [0.2, 0.25) is 0 Å². The van der Waals surface area contributed by atoms with E-state index in [-0.39, 0.29) is 26.3 Å². The average molecular weight is 324 g/mol. The predicted octanol–water partition coefficient (Wildman–Crippen LogP) is 1.48. The molecule has 0 bridgehead atoms. The average Bonchev–Trinajstić information content (AvgIpc) is 2.93. The monoisotopic (exact) mass is 324 g/mol. The van der Waals surface area contributed by atoms with Gasteiger partial charge in [-0.15, -0.1) is 0 Å². The molecule has 0 spiro atoms. The Morgan fingerprint density at radius 1 is 0.957 bits per heavy atom. The van der Waals surface area contributed by atoms with E-state index in [2.05, 4.69) is 0 Å². The van der Waals surface area contributed by atoms with E-state index < -0.39 is 12.2 Å². The fourth-order valence-electron chi connectivity index (χ4n) is 2.51. The first-order chi connectivity index (χ1) is 11.3. The SMILES string of the molecule is COCO[C@@H]1[C@@H](OCOC)C=C(CO)[C@H]1OCc1ccccc1. The molecule has 3 atom stereocenters. The Balaban J connectivity index is 2.04. The number of ether oxygens (including phenoxy) is 5. The topological polar surface area (TPSA) is 66.4 Å². The zero-order chi connectivity index (χ0) is 16.5. The molecule has 0 unspecified atom stereocenters. The maximum atomic E-state index is 9.60. The van der Waals surface area contributed by atoms with Crippen LogP contribution >= 0.6 is 0 Å². The van der Waals surface area contributed by atoms with Gasteiger partial charge in [-0.3, -0.25) is 0 Å². The van der Waals surface area contributed by atoms with E-state index >= 15 is 0 Å². The first-order valence-electron chi connectivity index (χ1n) is 7.48. The molecule has 0 fully saturated rings.